The maximum absolute atomic E-state index is 13.5. The molecule has 5 nitrogen and oxygen atoms in total. The Balaban J connectivity index is 2.00. The first-order valence-electron chi connectivity index (χ1n) is 9.18. The normalized spacial score (nSPS) is 11.3. The predicted molar refractivity (Wildman–Crippen MR) is 135 cm³/mol. The highest BCUT2D eigenvalue weighted by atomic mass is 127. The minimum Gasteiger partial charge on any atom is -0.324 e. The number of benzene rings is 3. The molecule has 3 rings (SSSR count). The van der Waals surface area contributed by atoms with Gasteiger partial charge in [-0.3, -0.25) is 9.10 Å². The Morgan fingerprint density at radius 1 is 1.00 bits per heavy atom. The summed E-state index contributed by atoms with van der Waals surface area (Å²) in [5.41, 5.74) is 2.52. The van der Waals surface area contributed by atoms with E-state index >= 15 is 0 Å². The van der Waals surface area contributed by atoms with E-state index in [-0.39, 0.29) is 15.6 Å². The van der Waals surface area contributed by atoms with Gasteiger partial charge in [0.2, 0.25) is 5.91 Å². The summed E-state index contributed by atoms with van der Waals surface area (Å²) in [5, 5.41) is 3.25. The van der Waals surface area contributed by atoms with E-state index in [0.29, 0.717) is 10.7 Å². The number of hydrogen-bond donors (Lipinski definition) is 1. The molecule has 0 heterocycles. The van der Waals surface area contributed by atoms with Gasteiger partial charge in [-0.05, 0) is 90.5 Å². The number of amides is 1. The molecule has 0 saturated heterocycles. The van der Waals surface area contributed by atoms with Gasteiger partial charge in [0.15, 0.2) is 0 Å². The van der Waals surface area contributed by atoms with Gasteiger partial charge in [-0.2, -0.15) is 0 Å². The number of anilines is 2. The molecule has 3 aromatic carbocycles. The number of rotatable bonds is 6. The fourth-order valence-corrected chi connectivity index (χ4v) is 5.42. The molecule has 0 aliphatic carbocycles. The van der Waals surface area contributed by atoms with Crippen molar-refractivity contribution in [2.24, 2.45) is 0 Å². The van der Waals surface area contributed by atoms with Crippen LogP contribution in [0, 0.1) is 17.4 Å². The van der Waals surface area contributed by atoms with Crippen LogP contribution in [0.5, 0.6) is 0 Å². The van der Waals surface area contributed by atoms with E-state index < -0.39 is 22.5 Å². The Kier molecular flexibility index (Phi) is 7.51. The average molecular weight is 589 g/mol. The topological polar surface area (TPSA) is 66.5 Å². The fraction of sp³-hybridized carbons (Fsp3) is 0.136. The average Bonchev–Trinajstić information content (AvgIpc) is 2.70. The van der Waals surface area contributed by atoms with E-state index in [1.54, 1.807) is 24.3 Å². The van der Waals surface area contributed by atoms with Gasteiger partial charge in [0.05, 0.1) is 15.6 Å². The zero-order valence-electron chi connectivity index (χ0n) is 16.7. The molecule has 0 bridgehead atoms. The zero-order chi connectivity index (χ0) is 22.8. The van der Waals surface area contributed by atoms with Crippen molar-refractivity contribution >= 4 is 73.1 Å². The second-order valence-corrected chi connectivity index (χ2v) is 10.9. The largest absolute Gasteiger partial charge is 0.324 e. The van der Waals surface area contributed by atoms with Gasteiger partial charge in [0.1, 0.15) is 6.54 Å². The molecular formula is C22H19Cl2IN2O3S. The number of carbonyl (C=O) groups excluding carboxylic acids is 1. The molecule has 0 aliphatic rings. The summed E-state index contributed by atoms with van der Waals surface area (Å²) in [6.07, 6.45) is 0. The van der Waals surface area contributed by atoms with Crippen LogP contribution in [0.4, 0.5) is 11.4 Å². The molecule has 0 unspecified atom stereocenters. The molecular weight excluding hydrogens is 570 g/mol. The Hall–Kier alpha value is -1.81. The van der Waals surface area contributed by atoms with E-state index in [0.717, 1.165) is 19.0 Å². The van der Waals surface area contributed by atoms with E-state index in [9.17, 15) is 13.2 Å². The molecule has 31 heavy (non-hydrogen) atoms. The Morgan fingerprint density at radius 3 is 2.32 bits per heavy atom. The summed E-state index contributed by atoms with van der Waals surface area (Å²) in [6.45, 7) is 3.26. The van der Waals surface area contributed by atoms with Crippen LogP contribution < -0.4 is 9.62 Å². The maximum Gasteiger partial charge on any atom is 0.264 e. The molecule has 0 radical (unpaired) electrons. The molecule has 9 heteroatoms. The van der Waals surface area contributed by atoms with Crippen LogP contribution in [0.3, 0.4) is 0 Å². The molecule has 0 spiro atoms. The molecule has 0 saturated carbocycles. The van der Waals surface area contributed by atoms with Crippen molar-refractivity contribution in [2.45, 2.75) is 18.7 Å². The SMILES string of the molecule is Cc1ccc(S(=O)(=O)N(CC(=O)Nc2ccc(I)cc2C)c2cc(Cl)ccc2Cl)cc1. The number of hydrogen-bond acceptors (Lipinski definition) is 3. The van der Waals surface area contributed by atoms with Crippen molar-refractivity contribution in [2.75, 3.05) is 16.2 Å². The van der Waals surface area contributed by atoms with Crippen molar-refractivity contribution in [3.63, 3.8) is 0 Å². The van der Waals surface area contributed by atoms with Crippen LogP contribution >= 0.6 is 45.8 Å². The molecule has 0 aromatic heterocycles. The van der Waals surface area contributed by atoms with Crippen molar-refractivity contribution < 1.29 is 13.2 Å². The lowest BCUT2D eigenvalue weighted by Gasteiger charge is -2.25. The molecule has 0 aliphatic heterocycles. The Bertz CT molecular complexity index is 1230. The van der Waals surface area contributed by atoms with E-state index in [4.69, 9.17) is 23.2 Å². The van der Waals surface area contributed by atoms with Gasteiger partial charge in [-0.25, -0.2) is 8.42 Å². The number of nitrogens with zero attached hydrogens (tertiary/aromatic N) is 1. The minimum atomic E-state index is -4.09. The summed E-state index contributed by atoms with van der Waals surface area (Å²) in [6, 6.07) is 16.4. The number of aryl methyl sites for hydroxylation is 2. The van der Waals surface area contributed by atoms with Gasteiger partial charge in [-0.15, -0.1) is 0 Å². The molecule has 1 amide bonds. The molecule has 0 fully saturated rings. The van der Waals surface area contributed by atoms with Crippen LogP contribution in [-0.4, -0.2) is 20.9 Å². The summed E-state index contributed by atoms with van der Waals surface area (Å²) in [4.78, 5) is 12.9. The Morgan fingerprint density at radius 2 is 1.68 bits per heavy atom. The van der Waals surface area contributed by atoms with E-state index in [1.807, 2.05) is 26.0 Å². The van der Waals surface area contributed by atoms with Crippen LogP contribution in [0.2, 0.25) is 10.0 Å². The minimum absolute atomic E-state index is 0.0485. The first-order chi connectivity index (χ1) is 14.6. The van der Waals surface area contributed by atoms with Crippen molar-refractivity contribution in [1.82, 2.24) is 0 Å². The summed E-state index contributed by atoms with van der Waals surface area (Å²) < 4.78 is 28.9. The third-order valence-electron chi connectivity index (χ3n) is 4.54. The second-order valence-electron chi connectivity index (χ2n) is 6.93. The third-order valence-corrected chi connectivity index (χ3v) is 7.54. The first-order valence-corrected chi connectivity index (χ1v) is 12.5. The molecule has 1 N–H and O–H groups in total. The number of sulfonamides is 1. The van der Waals surface area contributed by atoms with Crippen molar-refractivity contribution in [1.29, 1.82) is 0 Å². The Labute approximate surface area is 205 Å². The van der Waals surface area contributed by atoms with Crippen molar-refractivity contribution in [3.8, 4) is 0 Å². The van der Waals surface area contributed by atoms with E-state index in [1.165, 1.54) is 24.3 Å². The fourth-order valence-electron chi connectivity index (χ4n) is 2.90. The van der Waals surface area contributed by atoms with Crippen LogP contribution in [0.15, 0.2) is 65.6 Å². The van der Waals surface area contributed by atoms with Gasteiger partial charge in [-0.1, -0.05) is 40.9 Å². The number of carbonyl (C=O) groups is 1. The molecule has 0 atom stereocenters. The molecule has 3 aromatic rings. The first kappa shape index (κ1) is 23.8. The van der Waals surface area contributed by atoms with E-state index in [2.05, 4.69) is 27.9 Å². The number of nitrogens with one attached hydrogen (secondary N) is 1. The third kappa shape index (κ3) is 5.71. The highest BCUT2D eigenvalue weighted by molar-refractivity contribution is 14.1. The van der Waals surface area contributed by atoms with Crippen LogP contribution in [-0.2, 0) is 14.8 Å². The second kappa shape index (κ2) is 9.77. The summed E-state index contributed by atoms with van der Waals surface area (Å²) in [7, 11) is -4.09. The van der Waals surface area contributed by atoms with Gasteiger partial charge in [0.25, 0.3) is 10.0 Å². The van der Waals surface area contributed by atoms with Crippen LogP contribution in [0.1, 0.15) is 11.1 Å². The van der Waals surface area contributed by atoms with Gasteiger partial charge in [0, 0.05) is 14.3 Å². The smallest absolute Gasteiger partial charge is 0.264 e. The summed E-state index contributed by atoms with van der Waals surface area (Å²) >= 11 is 14.6. The monoisotopic (exact) mass is 588 g/mol. The lowest BCUT2D eigenvalue weighted by Crippen LogP contribution is -2.38. The quantitative estimate of drug-likeness (QED) is 0.357. The lowest BCUT2D eigenvalue weighted by molar-refractivity contribution is -0.114. The predicted octanol–water partition coefficient (Wildman–Crippen LogP) is 6.05. The zero-order valence-corrected chi connectivity index (χ0v) is 21.2. The maximum atomic E-state index is 13.5. The van der Waals surface area contributed by atoms with Crippen molar-refractivity contribution in [3.05, 3.63) is 85.4 Å². The van der Waals surface area contributed by atoms with Crippen LogP contribution in [0.25, 0.3) is 0 Å². The highest BCUT2D eigenvalue weighted by Gasteiger charge is 2.29. The standard InChI is InChI=1S/C22H19Cl2IN2O3S/c1-14-3-7-18(8-4-14)31(29,30)27(21-12-16(23)5-9-19(21)24)13-22(28)26-20-10-6-17(25)11-15(20)2/h3-12H,13H2,1-2H3,(H,26,28). The van der Waals surface area contributed by atoms with Gasteiger partial charge >= 0.3 is 0 Å². The van der Waals surface area contributed by atoms with Gasteiger partial charge < -0.3 is 5.32 Å². The summed E-state index contributed by atoms with van der Waals surface area (Å²) in [5.74, 6) is -0.504. The highest BCUT2D eigenvalue weighted by Crippen LogP contribution is 2.33. The lowest BCUT2D eigenvalue weighted by atomic mass is 10.2. The molecule has 162 valence electrons. The number of halogens is 3.